The van der Waals surface area contributed by atoms with E-state index >= 15 is 0 Å². The van der Waals surface area contributed by atoms with Crippen molar-refractivity contribution in [3.63, 3.8) is 0 Å². The SMILES string of the molecule is CCOc1ccccc1C(=O)Nc1ccc(Br)cc1Cl. The van der Waals surface area contributed by atoms with Crippen molar-refractivity contribution in [2.45, 2.75) is 6.92 Å². The number of halogens is 2. The molecule has 2 rings (SSSR count). The molecule has 0 spiro atoms. The zero-order chi connectivity index (χ0) is 14.5. The average Bonchev–Trinajstić information content (AvgIpc) is 2.43. The maximum atomic E-state index is 12.3. The number of benzene rings is 2. The van der Waals surface area contributed by atoms with Gasteiger partial charge in [0.05, 0.1) is 22.9 Å². The molecule has 0 heterocycles. The first-order chi connectivity index (χ1) is 9.61. The van der Waals surface area contributed by atoms with Crippen LogP contribution in [0.25, 0.3) is 0 Å². The number of carbonyl (C=O) groups is 1. The molecule has 0 saturated heterocycles. The van der Waals surface area contributed by atoms with Crippen LogP contribution in [0.2, 0.25) is 5.02 Å². The van der Waals surface area contributed by atoms with E-state index in [1.54, 1.807) is 30.3 Å². The average molecular weight is 355 g/mol. The predicted molar refractivity (Wildman–Crippen MR) is 84.7 cm³/mol. The van der Waals surface area contributed by atoms with Crippen molar-refractivity contribution < 1.29 is 9.53 Å². The van der Waals surface area contributed by atoms with Crippen molar-refractivity contribution >= 4 is 39.1 Å². The molecular weight excluding hydrogens is 342 g/mol. The third-order valence-corrected chi connectivity index (χ3v) is 3.42. The number of hydrogen-bond acceptors (Lipinski definition) is 2. The smallest absolute Gasteiger partial charge is 0.259 e. The standard InChI is InChI=1S/C15H13BrClNO2/c1-2-20-14-6-4-3-5-11(14)15(19)18-13-8-7-10(16)9-12(13)17/h3-9H,2H2,1H3,(H,18,19). The van der Waals surface area contributed by atoms with Crippen LogP contribution in [0.4, 0.5) is 5.69 Å². The lowest BCUT2D eigenvalue weighted by Gasteiger charge is -2.11. The van der Waals surface area contributed by atoms with Gasteiger partial charge in [0.1, 0.15) is 5.75 Å². The molecular formula is C15H13BrClNO2. The highest BCUT2D eigenvalue weighted by molar-refractivity contribution is 9.10. The third-order valence-electron chi connectivity index (χ3n) is 2.61. The molecule has 5 heteroatoms. The van der Waals surface area contributed by atoms with E-state index in [1.807, 2.05) is 19.1 Å². The van der Waals surface area contributed by atoms with Crippen LogP contribution in [-0.2, 0) is 0 Å². The molecule has 0 saturated carbocycles. The van der Waals surface area contributed by atoms with Gasteiger partial charge in [0.15, 0.2) is 0 Å². The molecule has 0 atom stereocenters. The molecule has 104 valence electrons. The topological polar surface area (TPSA) is 38.3 Å². The second-order valence-electron chi connectivity index (χ2n) is 4.01. The van der Waals surface area contributed by atoms with E-state index in [0.717, 1.165) is 4.47 Å². The Bertz CT molecular complexity index is 631. The second-order valence-corrected chi connectivity index (χ2v) is 5.33. The maximum absolute atomic E-state index is 12.3. The minimum absolute atomic E-state index is 0.252. The fourth-order valence-corrected chi connectivity index (χ4v) is 2.44. The molecule has 0 radical (unpaired) electrons. The monoisotopic (exact) mass is 353 g/mol. The molecule has 0 aromatic heterocycles. The summed E-state index contributed by atoms with van der Waals surface area (Å²) in [7, 11) is 0. The Hall–Kier alpha value is -1.52. The van der Waals surface area contributed by atoms with Gasteiger partial charge in [-0.3, -0.25) is 4.79 Å². The van der Waals surface area contributed by atoms with Crippen molar-refractivity contribution in [2.75, 3.05) is 11.9 Å². The molecule has 1 amide bonds. The van der Waals surface area contributed by atoms with E-state index in [-0.39, 0.29) is 5.91 Å². The summed E-state index contributed by atoms with van der Waals surface area (Å²) in [6.45, 7) is 2.38. The minimum atomic E-state index is -0.252. The van der Waals surface area contributed by atoms with Gasteiger partial charge in [0.25, 0.3) is 5.91 Å². The maximum Gasteiger partial charge on any atom is 0.259 e. The van der Waals surface area contributed by atoms with E-state index in [0.29, 0.717) is 28.6 Å². The van der Waals surface area contributed by atoms with Crippen LogP contribution in [0.3, 0.4) is 0 Å². The molecule has 2 aromatic carbocycles. The molecule has 0 bridgehead atoms. The lowest BCUT2D eigenvalue weighted by Crippen LogP contribution is -2.13. The molecule has 3 nitrogen and oxygen atoms in total. The second kappa shape index (κ2) is 6.77. The quantitative estimate of drug-likeness (QED) is 0.860. The van der Waals surface area contributed by atoms with Crippen LogP contribution in [-0.4, -0.2) is 12.5 Å². The van der Waals surface area contributed by atoms with Gasteiger partial charge >= 0.3 is 0 Å². The molecule has 20 heavy (non-hydrogen) atoms. The fourth-order valence-electron chi connectivity index (χ4n) is 1.72. The minimum Gasteiger partial charge on any atom is -0.493 e. The third kappa shape index (κ3) is 3.52. The number of rotatable bonds is 4. The van der Waals surface area contributed by atoms with E-state index < -0.39 is 0 Å². The van der Waals surface area contributed by atoms with Crippen LogP contribution in [0.1, 0.15) is 17.3 Å². The van der Waals surface area contributed by atoms with E-state index in [2.05, 4.69) is 21.2 Å². The lowest BCUT2D eigenvalue weighted by molar-refractivity contribution is 0.102. The molecule has 1 N–H and O–H groups in total. The summed E-state index contributed by atoms with van der Waals surface area (Å²) in [5, 5.41) is 3.25. The number of nitrogens with one attached hydrogen (secondary N) is 1. The van der Waals surface area contributed by atoms with Crippen LogP contribution >= 0.6 is 27.5 Å². The van der Waals surface area contributed by atoms with Crippen LogP contribution in [0.5, 0.6) is 5.75 Å². The Labute approximate surface area is 131 Å². The normalized spacial score (nSPS) is 10.2. The Morgan fingerprint density at radius 2 is 2.05 bits per heavy atom. The zero-order valence-electron chi connectivity index (χ0n) is 10.8. The zero-order valence-corrected chi connectivity index (χ0v) is 13.2. The Balaban J connectivity index is 2.24. The number of carbonyl (C=O) groups excluding carboxylic acids is 1. The summed E-state index contributed by atoms with van der Waals surface area (Å²) in [5.41, 5.74) is 1.04. The van der Waals surface area contributed by atoms with E-state index in [4.69, 9.17) is 16.3 Å². The predicted octanol–water partition coefficient (Wildman–Crippen LogP) is 4.75. The van der Waals surface area contributed by atoms with Crippen molar-refractivity contribution in [1.29, 1.82) is 0 Å². The summed E-state index contributed by atoms with van der Waals surface area (Å²) >= 11 is 9.41. The number of amides is 1. The Morgan fingerprint density at radius 3 is 2.75 bits per heavy atom. The van der Waals surface area contributed by atoms with Gasteiger partial charge in [-0.2, -0.15) is 0 Å². The first-order valence-corrected chi connectivity index (χ1v) is 7.27. The van der Waals surface area contributed by atoms with Gasteiger partial charge in [0.2, 0.25) is 0 Å². The number of ether oxygens (including phenoxy) is 1. The van der Waals surface area contributed by atoms with Crippen molar-refractivity contribution in [3.05, 3.63) is 57.5 Å². The summed E-state index contributed by atoms with van der Waals surface area (Å²) in [6, 6.07) is 12.4. The lowest BCUT2D eigenvalue weighted by atomic mass is 10.2. The number of anilines is 1. The molecule has 0 unspecified atom stereocenters. The van der Waals surface area contributed by atoms with Gasteiger partial charge in [-0.05, 0) is 37.3 Å². The first kappa shape index (κ1) is 14.9. The molecule has 2 aromatic rings. The molecule has 0 aliphatic heterocycles. The van der Waals surface area contributed by atoms with Gasteiger partial charge in [-0.1, -0.05) is 39.7 Å². The van der Waals surface area contributed by atoms with E-state index in [1.165, 1.54) is 0 Å². The fraction of sp³-hybridized carbons (Fsp3) is 0.133. The van der Waals surface area contributed by atoms with Crippen LogP contribution < -0.4 is 10.1 Å². The highest BCUT2D eigenvalue weighted by atomic mass is 79.9. The van der Waals surface area contributed by atoms with E-state index in [9.17, 15) is 4.79 Å². The van der Waals surface area contributed by atoms with Gasteiger partial charge in [0, 0.05) is 4.47 Å². The largest absolute Gasteiger partial charge is 0.493 e. The summed E-state index contributed by atoms with van der Waals surface area (Å²) < 4.78 is 6.30. The summed E-state index contributed by atoms with van der Waals surface area (Å²) in [6.07, 6.45) is 0. The Kier molecular flexibility index (Phi) is 5.04. The summed E-state index contributed by atoms with van der Waals surface area (Å²) in [4.78, 5) is 12.3. The van der Waals surface area contributed by atoms with Gasteiger partial charge < -0.3 is 10.1 Å². The van der Waals surface area contributed by atoms with Crippen LogP contribution in [0, 0.1) is 0 Å². The van der Waals surface area contributed by atoms with Crippen molar-refractivity contribution in [2.24, 2.45) is 0 Å². The van der Waals surface area contributed by atoms with Gasteiger partial charge in [-0.25, -0.2) is 0 Å². The van der Waals surface area contributed by atoms with Crippen molar-refractivity contribution in [3.8, 4) is 5.75 Å². The number of para-hydroxylation sites is 1. The van der Waals surface area contributed by atoms with Crippen molar-refractivity contribution in [1.82, 2.24) is 0 Å². The Morgan fingerprint density at radius 1 is 1.30 bits per heavy atom. The van der Waals surface area contributed by atoms with Crippen LogP contribution in [0.15, 0.2) is 46.9 Å². The highest BCUT2D eigenvalue weighted by Crippen LogP contribution is 2.27. The van der Waals surface area contributed by atoms with Gasteiger partial charge in [-0.15, -0.1) is 0 Å². The number of hydrogen-bond donors (Lipinski definition) is 1. The summed E-state index contributed by atoms with van der Waals surface area (Å²) in [5.74, 6) is 0.305. The molecule has 0 fully saturated rings. The molecule has 0 aliphatic rings. The first-order valence-electron chi connectivity index (χ1n) is 6.10. The molecule has 0 aliphatic carbocycles. The highest BCUT2D eigenvalue weighted by Gasteiger charge is 2.13.